The third-order valence-corrected chi connectivity index (χ3v) is 4.14. The Morgan fingerprint density at radius 3 is 2.53 bits per heavy atom. The summed E-state index contributed by atoms with van der Waals surface area (Å²) in [6, 6.07) is 0.334. The summed E-state index contributed by atoms with van der Waals surface area (Å²) in [5.41, 5.74) is 0. The zero-order valence-electron chi connectivity index (χ0n) is 10.7. The first-order chi connectivity index (χ1) is 7.77. The molecular formula is C13H25ClN2O. The van der Waals surface area contributed by atoms with E-state index >= 15 is 0 Å². The summed E-state index contributed by atoms with van der Waals surface area (Å²) in [7, 11) is 0. The standard InChI is InChI=1S/C13H24N2O.ClH/c1-10(12-7-4-8-14-9-12)15-13(16)11-5-2-3-6-11;/h10-12,14H,2-9H2,1H3,(H,15,16);1H. The van der Waals surface area contributed by atoms with Crippen LogP contribution in [0.4, 0.5) is 0 Å². The Morgan fingerprint density at radius 2 is 1.94 bits per heavy atom. The molecule has 1 saturated heterocycles. The predicted molar refractivity (Wildman–Crippen MR) is 72.4 cm³/mol. The van der Waals surface area contributed by atoms with Crippen LogP contribution in [-0.2, 0) is 4.79 Å². The van der Waals surface area contributed by atoms with Crippen LogP contribution >= 0.6 is 12.4 Å². The Kier molecular flexibility index (Phi) is 6.28. The van der Waals surface area contributed by atoms with Crippen LogP contribution in [0.5, 0.6) is 0 Å². The monoisotopic (exact) mass is 260 g/mol. The molecule has 1 aliphatic carbocycles. The second-order valence-corrected chi connectivity index (χ2v) is 5.39. The third-order valence-electron chi connectivity index (χ3n) is 4.14. The maximum Gasteiger partial charge on any atom is 0.223 e. The number of carbonyl (C=O) groups is 1. The van der Waals surface area contributed by atoms with Crippen LogP contribution in [-0.4, -0.2) is 25.0 Å². The fourth-order valence-electron chi connectivity index (χ4n) is 2.95. The van der Waals surface area contributed by atoms with Crippen molar-refractivity contribution in [1.82, 2.24) is 10.6 Å². The van der Waals surface area contributed by atoms with E-state index in [1.165, 1.54) is 25.7 Å². The Labute approximate surface area is 111 Å². The third kappa shape index (κ3) is 4.14. The first kappa shape index (κ1) is 14.8. The summed E-state index contributed by atoms with van der Waals surface area (Å²) < 4.78 is 0. The largest absolute Gasteiger partial charge is 0.353 e. The molecule has 1 saturated carbocycles. The number of amides is 1. The van der Waals surface area contributed by atoms with Crippen LogP contribution in [0.15, 0.2) is 0 Å². The zero-order chi connectivity index (χ0) is 11.4. The molecule has 1 heterocycles. The molecule has 2 atom stereocenters. The van der Waals surface area contributed by atoms with Gasteiger partial charge in [0.25, 0.3) is 0 Å². The SMILES string of the molecule is CC(NC(=O)C1CCCC1)C1CCCNC1.Cl. The zero-order valence-corrected chi connectivity index (χ0v) is 11.5. The number of rotatable bonds is 3. The second kappa shape index (κ2) is 7.22. The quantitative estimate of drug-likeness (QED) is 0.816. The van der Waals surface area contributed by atoms with Crippen molar-refractivity contribution in [3.05, 3.63) is 0 Å². The molecule has 2 unspecified atom stereocenters. The van der Waals surface area contributed by atoms with Gasteiger partial charge in [0.15, 0.2) is 0 Å². The average Bonchev–Trinajstić information content (AvgIpc) is 2.83. The Morgan fingerprint density at radius 1 is 1.24 bits per heavy atom. The van der Waals surface area contributed by atoms with Crippen molar-refractivity contribution in [3.63, 3.8) is 0 Å². The van der Waals surface area contributed by atoms with Gasteiger partial charge >= 0.3 is 0 Å². The summed E-state index contributed by atoms with van der Waals surface area (Å²) in [6.45, 7) is 4.36. The van der Waals surface area contributed by atoms with Gasteiger partial charge in [-0.2, -0.15) is 0 Å². The van der Waals surface area contributed by atoms with E-state index in [4.69, 9.17) is 0 Å². The molecule has 2 rings (SSSR count). The van der Waals surface area contributed by atoms with Crippen LogP contribution in [0.25, 0.3) is 0 Å². The molecule has 1 amide bonds. The minimum absolute atomic E-state index is 0. The lowest BCUT2D eigenvalue weighted by Crippen LogP contribution is -2.46. The molecule has 17 heavy (non-hydrogen) atoms. The van der Waals surface area contributed by atoms with Crippen molar-refractivity contribution in [2.45, 2.75) is 51.5 Å². The lowest BCUT2D eigenvalue weighted by atomic mass is 9.92. The van der Waals surface area contributed by atoms with E-state index in [-0.39, 0.29) is 12.4 Å². The minimum atomic E-state index is 0. The van der Waals surface area contributed by atoms with Gasteiger partial charge in [-0.05, 0) is 51.6 Å². The van der Waals surface area contributed by atoms with E-state index < -0.39 is 0 Å². The van der Waals surface area contributed by atoms with Crippen LogP contribution in [0.2, 0.25) is 0 Å². The number of hydrogen-bond acceptors (Lipinski definition) is 2. The van der Waals surface area contributed by atoms with E-state index in [0.717, 1.165) is 25.9 Å². The number of nitrogens with one attached hydrogen (secondary N) is 2. The molecule has 1 aliphatic heterocycles. The highest BCUT2D eigenvalue weighted by atomic mass is 35.5. The minimum Gasteiger partial charge on any atom is -0.353 e. The van der Waals surface area contributed by atoms with Gasteiger partial charge < -0.3 is 10.6 Å². The first-order valence-corrected chi connectivity index (χ1v) is 6.78. The van der Waals surface area contributed by atoms with Gasteiger partial charge in [-0.3, -0.25) is 4.79 Å². The molecule has 2 N–H and O–H groups in total. The van der Waals surface area contributed by atoms with Gasteiger partial charge in [-0.1, -0.05) is 12.8 Å². The molecule has 0 aromatic rings. The Bertz CT molecular complexity index is 236. The highest BCUT2D eigenvalue weighted by Crippen LogP contribution is 2.25. The maximum atomic E-state index is 12.0. The highest BCUT2D eigenvalue weighted by Gasteiger charge is 2.26. The molecule has 100 valence electrons. The fourth-order valence-corrected chi connectivity index (χ4v) is 2.95. The van der Waals surface area contributed by atoms with Crippen molar-refractivity contribution in [2.75, 3.05) is 13.1 Å². The van der Waals surface area contributed by atoms with Gasteiger partial charge in [-0.25, -0.2) is 0 Å². The van der Waals surface area contributed by atoms with Gasteiger partial charge in [0.05, 0.1) is 0 Å². The Balaban J connectivity index is 0.00000144. The molecule has 2 aliphatic rings. The Hall–Kier alpha value is -0.280. The van der Waals surface area contributed by atoms with E-state index in [2.05, 4.69) is 17.6 Å². The summed E-state index contributed by atoms with van der Waals surface area (Å²) in [5.74, 6) is 1.23. The predicted octanol–water partition coefficient (Wildman–Crippen LogP) is 2.10. The molecule has 3 nitrogen and oxygen atoms in total. The van der Waals surface area contributed by atoms with E-state index in [0.29, 0.717) is 23.8 Å². The first-order valence-electron chi connectivity index (χ1n) is 6.78. The lowest BCUT2D eigenvalue weighted by molar-refractivity contribution is -0.125. The van der Waals surface area contributed by atoms with Crippen LogP contribution in [0, 0.1) is 11.8 Å². The van der Waals surface area contributed by atoms with Crippen molar-refractivity contribution >= 4 is 18.3 Å². The maximum absolute atomic E-state index is 12.0. The van der Waals surface area contributed by atoms with Gasteiger partial charge in [0.2, 0.25) is 5.91 Å². The fraction of sp³-hybridized carbons (Fsp3) is 0.923. The number of piperidine rings is 1. The van der Waals surface area contributed by atoms with Crippen molar-refractivity contribution in [2.24, 2.45) is 11.8 Å². The van der Waals surface area contributed by atoms with E-state index in [1.807, 2.05) is 0 Å². The molecule has 0 spiro atoms. The second-order valence-electron chi connectivity index (χ2n) is 5.39. The number of hydrogen-bond donors (Lipinski definition) is 2. The molecule has 2 fully saturated rings. The van der Waals surface area contributed by atoms with Crippen molar-refractivity contribution in [1.29, 1.82) is 0 Å². The van der Waals surface area contributed by atoms with Gasteiger partial charge in [0, 0.05) is 12.0 Å². The van der Waals surface area contributed by atoms with Crippen LogP contribution in [0.3, 0.4) is 0 Å². The summed E-state index contributed by atoms with van der Waals surface area (Å²) in [5, 5.41) is 6.62. The molecular weight excluding hydrogens is 236 g/mol. The summed E-state index contributed by atoms with van der Waals surface area (Å²) >= 11 is 0. The normalized spacial score (nSPS) is 27.2. The molecule has 0 bridgehead atoms. The topological polar surface area (TPSA) is 41.1 Å². The number of carbonyl (C=O) groups excluding carboxylic acids is 1. The van der Waals surface area contributed by atoms with Crippen molar-refractivity contribution < 1.29 is 4.79 Å². The molecule has 4 heteroatoms. The average molecular weight is 261 g/mol. The molecule has 0 aromatic heterocycles. The smallest absolute Gasteiger partial charge is 0.223 e. The van der Waals surface area contributed by atoms with E-state index in [9.17, 15) is 4.79 Å². The van der Waals surface area contributed by atoms with E-state index in [1.54, 1.807) is 0 Å². The lowest BCUT2D eigenvalue weighted by Gasteiger charge is -2.29. The van der Waals surface area contributed by atoms with Gasteiger partial charge in [0.1, 0.15) is 0 Å². The summed E-state index contributed by atoms with van der Waals surface area (Å²) in [4.78, 5) is 12.0. The molecule has 0 aromatic carbocycles. The van der Waals surface area contributed by atoms with Gasteiger partial charge in [-0.15, -0.1) is 12.4 Å². The number of halogens is 1. The van der Waals surface area contributed by atoms with Crippen LogP contribution < -0.4 is 10.6 Å². The van der Waals surface area contributed by atoms with Crippen molar-refractivity contribution in [3.8, 4) is 0 Å². The molecule has 0 radical (unpaired) electrons. The van der Waals surface area contributed by atoms with Crippen LogP contribution in [0.1, 0.15) is 45.4 Å². The highest BCUT2D eigenvalue weighted by molar-refractivity contribution is 5.85. The summed E-state index contributed by atoms with van der Waals surface area (Å²) in [6.07, 6.45) is 7.16.